The summed E-state index contributed by atoms with van der Waals surface area (Å²) in [6.07, 6.45) is 0. The summed E-state index contributed by atoms with van der Waals surface area (Å²) < 4.78 is 85.8. The number of nitrogens with zero attached hydrogens (tertiary/aromatic N) is 4. The molecule has 5 rings (SSSR count). The Hall–Kier alpha value is -5.14. The molecule has 192 valence electrons. The van der Waals surface area contributed by atoms with E-state index in [1.165, 1.54) is 12.1 Å². The molecule has 40 heavy (non-hydrogen) atoms. The average molecular weight is 577 g/mol. The van der Waals surface area contributed by atoms with E-state index in [9.17, 15) is 47.4 Å². The van der Waals surface area contributed by atoms with Gasteiger partial charge in [-0.15, -0.1) is 22.7 Å². The Morgan fingerprint density at radius 3 is 1.07 bits per heavy atom. The molecular formula is C28H6F6N4S2. The highest BCUT2D eigenvalue weighted by molar-refractivity contribution is 7.20. The van der Waals surface area contributed by atoms with Gasteiger partial charge in [-0.1, -0.05) is 0 Å². The summed E-state index contributed by atoms with van der Waals surface area (Å²) in [6, 6.07) is 12.5. The lowest BCUT2D eigenvalue weighted by Gasteiger charge is -2.13. The summed E-state index contributed by atoms with van der Waals surface area (Å²) in [4.78, 5) is 0. The standard InChI is InChI=1S/C28H6F6N4S2/c29-17-1-11(2-18(30)25(17)33)23-15-5-21(13(7-35)8-36)40-28(15)24(12-3-19(31)26(34)20(32)4-12)16-6-22(39-27(16)23)14(9-37)10-38/h1-6H. The minimum Gasteiger partial charge on any atom is -0.204 e. The molecule has 0 atom stereocenters. The van der Waals surface area contributed by atoms with Gasteiger partial charge in [0.15, 0.2) is 34.9 Å². The zero-order chi connectivity index (χ0) is 28.9. The highest BCUT2D eigenvalue weighted by Crippen LogP contribution is 2.46. The molecule has 0 fully saturated rings. The van der Waals surface area contributed by atoms with Gasteiger partial charge in [0.05, 0.1) is 9.06 Å². The molecule has 2 heterocycles. The molecule has 0 saturated carbocycles. The lowest BCUT2D eigenvalue weighted by molar-refractivity contribution is 0.447. The monoisotopic (exact) mass is 576 g/mol. The molecule has 3 aromatic carbocycles. The Morgan fingerprint density at radius 1 is 0.500 bits per heavy atom. The molecule has 0 spiro atoms. The summed E-state index contributed by atoms with van der Waals surface area (Å²) in [6.45, 7) is 0. The van der Waals surface area contributed by atoms with Crippen LogP contribution >= 0.6 is 22.7 Å². The topological polar surface area (TPSA) is 95.2 Å². The molecule has 5 aromatic rings. The van der Waals surface area contributed by atoms with Crippen molar-refractivity contribution in [2.24, 2.45) is 0 Å². The Kier molecular flexibility index (Phi) is 6.53. The highest BCUT2D eigenvalue weighted by Gasteiger charge is 2.24. The van der Waals surface area contributed by atoms with E-state index in [-0.39, 0.29) is 62.6 Å². The molecule has 2 aromatic heterocycles. The molecule has 0 saturated heterocycles. The Bertz CT molecular complexity index is 1940. The predicted molar refractivity (Wildman–Crippen MR) is 136 cm³/mol. The van der Waals surface area contributed by atoms with E-state index < -0.39 is 34.9 Å². The van der Waals surface area contributed by atoms with Gasteiger partial charge in [0.25, 0.3) is 0 Å². The highest BCUT2D eigenvalue weighted by atomic mass is 32.1. The van der Waals surface area contributed by atoms with Crippen LogP contribution in [0.5, 0.6) is 0 Å². The first-order valence-electron chi connectivity index (χ1n) is 10.8. The van der Waals surface area contributed by atoms with Gasteiger partial charge in [0.1, 0.15) is 35.4 Å². The second kappa shape index (κ2) is 9.87. The fourth-order valence-corrected chi connectivity index (χ4v) is 6.64. The van der Waals surface area contributed by atoms with Crippen molar-refractivity contribution in [3.05, 3.63) is 80.4 Å². The van der Waals surface area contributed by atoms with Crippen LogP contribution in [0, 0.1) is 80.2 Å². The number of benzene rings is 3. The minimum absolute atomic E-state index is 0.0822. The minimum atomic E-state index is -1.72. The maximum Gasteiger partial charge on any atom is 0.194 e. The van der Waals surface area contributed by atoms with E-state index in [2.05, 4.69) is 0 Å². The van der Waals surface area contributed by atoms with Gasteiger partial charge < -0.3 is 0 Å². The zero-order valence-electron chi connectivity index (χ0n) is 19.3. The molecule has 0 unspecified atom stereocenters. The third kappa shape index (κ3) is 4.04. The first-order valence-corrected chi connectivity index (χ1v) is 12.4. The van der Waals surface area contributed by atoms with Crippen LogP contribution in [0.2, 0.25) is 0 Å². The van der Waals surface area contributed by atoms with E-state index in [0.29, 0.717) is 0 Å². The molecule has 0 radical (unpaired) electrons. The molecule has 0 bridgehead atoms. The summed E-state index contributed by atoms with van der Waals surface area (Å²) in [5.74, 6) is -9.51. The Balaban J connectivity index is 2.14. The average Bonchev–Trinajstić information content (AvgIpc) is 3.54. The van der Waals surface area contributed by atoms with Crippen LogP contribution in [-0.2, 0) is 0 Å². The third-order valence-corrected chi connectivity index (χ3v) is 8.28. The first-order chi connectivity index (χ1) is 19.1. The number of thiophene rings is 2. The van der Waals surface area contributed by atoms with Crippen LogP contribution in [0.4, 0.5) is 26.3 Å². The second-order valence-electron chi connectivity index (χ2n) is 8.16. The summed E-state index contributed by atoms with van der Waals surface area (Å²) >= 11 is 1.68. The SMILES string of the molecule is N#CC(C#N)=c1cc2c(-c3cc(F)c(F)c(F)c3)c3sc(=C(C#N)C#N)cc3c(-c3cc(F)c(F)c(F)c3)c2s1. The molecule has 0 aliphatic heterocycles. The van der Waals surface area contributed by atoms with Crippen molar-refractivity contribution >= 4 is 54.0 Å². The zero-order valence-corrected chi connectivity index (χ0v) is 21.0. The third-order valence-electron chi connectivity index (χ3n) is 5.94. The number of halogens is 6. The smallest absolute Gasteiger partial charge is 0.194 e. The van der Waals surface area contributed by atoms with Gasteiger partial charge in [0, 0.05) is 31.3 Å². The van der Waals surface area contributed by atoms with Gasteiger partial charge in [-0.2, -0.15) is 21.0 Å². The number of fused-ring (bicyclic) bond motifs is 2. The summed E-state index contributed by atoms with van der Waals surface area (Å²) in [5, 5.41) is 38.1. The quantitative estimate of drug-likeness (QED) is 0.173. The molecule has 4 nitrogen and oxygen atoms in total. The van der Waals surface area contributed by atoms with E-state index in [0.717, 1.165) is 46.9 Å². The van der Waals surface area contributed by atoms with Crippen LogP contribution in [0.25, 0.3) is 53.6 Å². The van der Waals surface area contributed by atoms with Crippen LogP contribution in [0.1, 0.15) is 0 Å². The van der Waals surface area contributed by atoms with Crippen molar-refractivity contribution in [3.8, 4) is 46.5 Å². The fourth-order valence-electron chi connectivity index (χ4n) is 4.26. The lowest BCUT2D eigenvalue weighted by Crippen LogP contribution is -1.95. The first kappa shape index (κ1) is 26.5. The number of rotatable bonds is 2. The Labute approximate surface area is 228 Å². The molecular weight excluding hydrogens is 570 g/mol. The maximum atomic E-state index is 14.4. The van der Waals surface area contributed by atoms with Crippen molar-refractivity contribution in [2.75, 3.05) is 0 Å². The van der Waals surface area contributed by atoms with Crippen molar-refractivity contribution in [1.82, 2.24) is 0 Å². The van der Waals surface area contributed by atoms with Crippen molar-refractivity contribution < 1.29 is 26.3 Å². The molecule has 0 N–H and O–H groups in total. The van der Waals surface area contributed by atoms with Crippen LogP contribution < -0.4 is 9.06 Å². The lowest BCUT2D eigenvalue weighted by atomic mass is 9.93. The van der Waals surface area contributed by atoms with Crippen LogP contribution in [0.3, 0.4) is 0 Å². The summed E-state index contributed by atoms with van der Waals surface area (Å²) in [5.41, 5.74) is -0.840. The van der Waals surface area contributed by atoms with E-state index in [4.69, 9.17) is 0 Å². The molecule has 0 amide bonds. The van der Waals surface area contributed by atoms with E-state index in [1.807, 2.05) is 0 Å². The number of nitriles is 4. The van der Waals surface area contributed by atoms with Crippen LogP contribution in [-0.4, -0.2) is 0 Å². The van der Waals surface area contributed by atoms with Gasteiger partial charge in [-0.05, 0) is 47.5 Å². The number of hydrogen-bond acceptors (Lipinski definition) is 6. The molecule has 12 heteroatoms. The van der Waals surface area contributed by atoms with Crippen molar-refractivity contribution in [2.45, 2.75) is 0 Å². The number of hydrogen-bond donors (Lipinski definition) is 0. The largest absolute Gasteiger partial charge is 0.204 e. The predicted octanol–water partition coefficient (Wildman–Crippen LogP) is 6.68. The fraction of sp³-hybridized carbons (Fsp3) is 0. The Morgan fingerprint density at radius 2 is 0.800 bits per heavy atom. The van der Waals surface area contributed by atoms with Crippen molar-refractivity contribution in [1.29, 1.82) is 21.0 Å². The molecule has 0 aliphatic rings. The summed E-state index contributed by atoms with van der Waals surface area (Å²) in [7, 11) is 0. The van der Waals surface area contributed by atoms with Crippen molar-refractivity contribution in [3.63, 3.8) is 0 Å². The second-order valence-corrected chi connectivity index (χ2v) is 10.3. The van der Waals surface area contributed by atoms with Crippen LogP contribution in [0.15, 0.2) is 36.4 Å². The van der Waals surface area contributed by atoms with Gasteiger partial charge in [-0.3, -0.25) is 0 Å². The van der Waals surface area contributed by atoms with Gasteiger partial charge >= 0.3 is 0 Å². The van der Waals surface area contributed by atoms with Gasteiger partial charge in [-0.25, -0.2) is 26.3 Å². The molecule has 0 aliphatic carbocycles. The van der Waals surface area contributed by atoms with E-state index >= 15 is 0 Å². The maximum absolute atomic E-state index is 14.4. The van der Waals surface area contributed by atoms with E-state index in [1.54, 1.807) is 24.3 Å². The van der Waals surface area contributed by atoms with Gasteiger partial charge in [0.2, 0.25) is 0 Å². The normalized spacial score (nSPS) is 10.7.